The molecule has 0 saturated heterocycles. The van der Waals surface area contributed by atoms with Gasteiger partial charge in [-0.1, -0.05) is 12.1 Å². The summed E-state index contributed by atoms with van der Waals surface area (Å²) < 4.78 is 30.6. The van der Waals surface area contributed by atoms with E-state index in [0.717, 1.165) is 0 Å². The smallest absolute Gasteiger partial charge is 0.387 e. The number of rotatable bonds is 4. The van der Waals surface area contributed by atoms with Gasteiger partial charge in [-0.05, 0) is 30.3 Å². The molecule has 0 aliphatic rings. The lowest BCUT2D eigenvalue weighted by atomic mass is 10.1. The van der Waals surface area contributed by atoms with Crippen LogP contribution in [0.3, 0.4) is 0 Å². The molecule has 1 amide bonds. The van der Waals surface area contributed by atoms with Gasteiger partial charge >= 0.3 is 12.3 Å². The van der Waals surface area contributed by atoms with Crippen molar-refractivity contribution in [2.75, 3.05) is 5.32 Å². The largest absolute Gasteiger partial charge is 0.433 e. The Balaban J connectivity index is 1.90. The summed E-state index contributed by atoms with van der Waals surface area (Å²) in [5, 5.41) is 2.53. The number of carbonyl (C=O) groups is 1. The third-order valence-electron chi connectivity index (χ3n) is 3.52. The summed E-state index contributed by atoms with van der Waals surface area (Å²) in [4.78, 5) is 26.6. The van der Waals surface area contributed by atoms with Gasteiger partial charge in [0, 0.05) is 12.6 Å². The molecule has 3 aromatic rings. The molecule has 0 aliphatic carbocycles. The molecule has 2 N–H and O–H groups in total. The van der Waals surface area contributed by atoms with Crippen LogP contribution >= 0.6 is 0 Å². The molecule has 0 atom stereocenters. The zero-order chi connectivity index (χ0) is 17.3. The monoisotopic (exact) mass is 333 g/mol. The quantitative estimate of drug-likeness (QED) is 0.771. The van der Waals surface area contributed by atoms with Gasteiger partial charge in [0.2, 0.25) is 0 Å². The number of carbonyl (C=O) groups excluding carboxylic acids is 1. The molecule has 0 saturated carbocycles. The zero-order valence-electron chi connectivity index (χ0n) is 12.5. The van der Waals surface area contributed by atoms with E-state index in [9.17, 15) is 18.4 Å². The van der Waals surface area contributed by atoms with Crippen molar-refractivity contribution in [3.05, 3.63) is 58.5 Å². The number of nitrogens with one attached hydrogen (secondary N) is 2. The van der Waals surface area contributed by atoms with E-state index in [4.69, 9.17) is 0 Å². The molecular weight excluding hydrogens is 320 g/mol. The van der Waals surface area contributed by atoms with Gasteiger partial charge in [-0.15, -0.1) is 0 Å². The van der Waals surface area contributed by atoms with E-state index in [0.29, 0.717) is 11.0 Å². The van der Waals surface area contributed by atoms with Crippen molar-refractivity contribution < 1.29 is 18.3 Å². The summed E-state index contributed by atoms with van der Waals surface area (Å²) in [6.45, 7) is -2.99. The molecule has 0 fully saturated rings. The molecule has 0 spiro atoms. The number of ether oxygens (including phenoxy) is 1. The molecule has 8 heteroatoms. The van der Waals surface area contributed by atoms with Crippen molar-refractivity contribution in [1.29, 1.82) is 0 Å². The first-order chi connectivity index (χ1) is 11.5. The van der Waals surface area contributed by atoms with Crippen LogP contribution < -0.4 is 15.7 Å². The molecule has 124 valence electrons. The number of amides is 1. The fourth-order valence-corrected chi connectivity index (χ4v) is 2.33. The molecule has 0 bridgehead atoms. The maximum Gasteiger partial charge on any atom is 0.387 e. The molecule has 1 aromatic heterocycles. The summed E-state index contributed by atoms with van der Waals surface area (Å²) in [5.74, 6) is -0.633. The van der Waals surface area contributed by atoms with Crippen molar-refractivity contribution in [3.63, 3.8) is 0 Å². The Morgan fingerprint density at radius 2 is 2.00 bits per heavy atom. The van der Waals surface area contributed by atoms with Gasteiger partial charge in [-0.3, -0.25) is 9.36 Å². The van der Waals surface area contributed by atoms with Gasteiger partial charge in [-0.2, -0.15) is 8.78 Å². The van der Waals surface area contributed by atoms with E-state index in [1.54, 1.807) is 25.2 Å². The average molecular weight is 333 g/mol. The number of fused-ring (bicyclic) bond motifs is 1. The number of hydrogen-bond acceptors (Lipinski definition) is 3. The standard InChI is InChI=1S/C16H13F2N3O3/c1-21-12-8-9(6-7-10(12)20-16(21)23)14(22)19-11-4-2-3-5-13(11)24-15(17)18/h2-8,15H,1H3,(H,19,22)(H,20,23). The Kier molecular flexibility index (Phi) is 4.03. The van der Waals surface area contributed by atoms with E-state index in [1.807, 2.05) is 0 Å². The minimum absolute atomic E-state index is 0.129. The number of benzene rings is 2. The highest BCUT2D eigenvalue weighted by Crippen LogP contribution is 2.26. The Labute approximate surface area is 134 Å². The second kappa shape index (κ2) is 6.15. The van der Waals surface area contributed by atoms with Crippen LogP contribution in [-0.2, 0) is 7.05 Å². The van der Waals surface area contributed by atoms with Gasteiger partial charge < -0.3 is 15.0 Å². The number of H-pyrrole nitrogens is 1. The van der Waals surface area contributed by atoms with E-state index >= 15 is 0 Å². The number of hydrogen-bond donors (Lipinski definition) is 2. The van der Waals surface area contributed by atoms with Gasteiger partial charge in [0.25, 0.3) is 5.91 Å². The predicted octanol–water partition coefficient (Wildman–Crippen LogP) is 2.72. The number of aryl methyl sites for hydroxylation is 1. The Bertz CT molecular complexity index is 963. The fraction of sp³-hybridized carbons (Fsp3) is 0.125. The first-order valence-electron chi connectivity index (χ1n) is 6.99. The highest BCUT2D eigenvalue weighted by Gasteiger charge is 2.14. The molecule has 3 rings (SSSR count). The molecule has 6 nitrogen and oxygen atoms in total. The number of anilines is 1. The third kappa shape index (κ3) is 2.98. The van der Waals surface area contributed by atoms with E-state index < -0.39 is 12.5 Å². The number of nitrogens with zero attached hydrogens (tertiary/aromatic N) is 1. The molecular formula is C16H13F2N3O3. The van der Waals surface area contributed by atoms with Crippen molar-refractivity contribution in [3.8, 4) is 5.75 Å². The predicted molar refractivity (Wildman–Crippen MR) is 84.6 cm³/mol. The Morgan fingerprint density at radius 1 is 1.25 bits per heavy atom. The van der Waals surface area contributed by atoms with Crippen molar-refractivity contribution >= 4 is 22.6 Å². The van der Waals surface area contributed by atoms with Crippen molar-refractivity contribution in [2.24, 2.45) is 7.05 Å². The summed E-state index contributed by atoms with van der Waals surface area (Å²) in [5.41, 5.74) is 1.28. The van der Waals surface area contributed by atoms with E-state index in [2.05, 4.69) is 15.0 Å². The topological polar surface area (TPSA) is 76.1 Å². The SMILES string of the molecule is Cn1c(=O)[nH]c2ccc(C(=O)Nc3ccccc3OC(F)F)cc21. The second-order valence-electron chi connectivity index (χ2n) is 5.05. The molecule has 24 heavy (non-hydrogen) atoms. The molecule has 1 heterocycles. The zero-order valence-corrected chi connectivity index (χ0v) is 12.5. The summed E-state index contributed by atoms with van der Waals surface area (Å²) in [6, 6.07) is 10.6. The summed E-state index contributed by atoms with van der Waals surface area (Å²) >= 11 is 0. The van der Waals surface area contributed by atoms with Crippen molar-refractivity contribution in [2.45, 2.75) is 6.61 Å². The Morgan fingerprint density at radius 3 is 2.75 bits per heavy atom. The number of imidazole rings is 1. The molecule has 0 aliphatic heterocycles. The van der Waals surface area contributed by atoms with Crippen LogP contribution in [0.2, 0.25) is 0 Å². The van der Waals surface area contributed by atoms with Gasteiger partial charge in [-0.25, -0.2) is 4.79 Å². The third-order valence-corrected chi connectivity index (χ3v) is 3.52. The van der Waals surface area contributed by atoms with Crippen LogP contribution in [0.25, 0.3) is 11.0 Å². The number of alkyl halides is 2. The Hall–Kier alpha value is -3.16. The maximum absolute atomic E-state index is 12.4. The normalized spacial score (nSPS) is 11.0. The van der Waals surface area contributed by atoms with Crippen LogP contribution in [0.15, 0.2) is 47.3 Å². The molecule has 0 unspecified atom stereocenters. The maximum atomic E-state index is 12.4. The van der Waals surface area contributed by atoms with Crippen LogP contribution in [-0.4, -0.2) is 22.1 Å². The lowest BCUT2D eigenvalue weighted by Gasteiger charge is -2.11. The molecule has 0 radical (unpaired) electrons. The minimum Gasteiger partial charge on any atom is -0.433 e. The van der Waals surface area contributed by atoms with Crippen LogP contribution in [0, 0.1) is 0 Å². The fourth-order valence-electron chi connectivity index (χ4n) is 2.33. The number of para-hydroxylation sites is 2. The van der Waals surface area contributed by atoms with Gasteiger partial charge in [0.1, 0.15) is 5.75 Å². The first-order valence-corrected chi connectivity index (χ1v) is 6.99. The van der Waals surface area contributed by atoms with Gasteiger partial charge in [0.15, 0.2) is 0 Å². The lowest BCUT2D eigenvalue weighted by Crippen LogP contribution is -2.14. The summed E-state index contributed by atoms with van der Waals surface area (Å²) in [6.07, 6.45) is 0. The number of aromatic amines is 1. The summed E-state index contributed by atoms with van der Waals surface area (Å²) in [7, 11) is 1.58. The number of aromatic nitrogens is 2. The van der Waals surface area contributed by atoms with E-state index in [-0.39, 0.29) is 22.7 Å². The second-order valence-corrected chi connectivity index (χ2v) is 5.05. The van der Waals surface area contributed by atoms with Crippen LogP contribution in [0.1, 0.15) is 10.4 Å². The highest BCUT2D eigenvalue weighted by molar-refractivity contribution is 6.06. The van der Waals surface area contributed by atoms with E-state index in [1.165, 1.54) is 28.8 Å². The van der Waals surface area contributed by atoms with Crippen LogP contribution in [0.5, 0.6) is 5.75 Å². The number of halogens is 2. The average Bonchev–Trinajstić information content (AvgIpc) is 2.83. The lowest BCUT2D eigenvalue weighted by molar-refractivity contribution is -0.0493. The minimum atomic E-state index is -2.99. The van der Waals surface area contributed by atoms with Crippen molar-refractivity contribution in [1.82, 2.24) is 9.55 Å². The highest BCUT2D eigenvalue weighted by atomic mass is 19.3. The molecule has 2 aromatic carbocycles. The first kappa shape index (κ1) is 15.7. The van der Waals surface area contributed by atoms with Gasteiger partial charge in [0.05, 0.1) is 16.7 Å². The van der Waals surface area contributed by atoms with Crippen LogP contribution in [0.4, 0.5) is 14.5 Å².